The van der Waals surface area contributed by atoms with Crippen LogP contribution in [-0.4, -0.2) is 6.61 Å². The standard InChI is InChI=1S/C24H27NO2/c1-19(2)17-26-23-13-11-20(12-14-23)16-25-22-9-6-10-24(15-22)27-18-21-7-4-3-5-8-21/h3-15,19,25H,16-18H2,1-2H3. The maximum atomic E-state index is 5.89. The molecule has 1 N–H and O–H groups in total. The third-order valence-electron chi connectivity index (χ3n) is 4.09. The lowest BCUT2D eigenvalue weighted by Gasteiger charge is -2.11. The molecule has 140 valence electrons. The molecule has 0 bridgehead atoms. The molecule has 0 radical (unpaired) electrons. The molecular formula is C24H27NO2. The van der Waals surface area contributed by atoms with Crippen molar-refractivity contribution in [1.82, 2.24) is 0 Å². The molecule has 3 rings (SSSR count). The SMILES string of the molecule is CC(C)COc1ccc(CNc2cccc(OCc3ccccc3)c2)cc1. The van der Waals surface area contributed by atoms with Crippen molar-refractivity contribution >= 4 is 5.69 Å². The number of hydrogen-bond acceptors (Lipinski definition) is 3. The molecule has 0 aromatic heterocycles. The third-order valence-corrected chi connectivity index (χ3v) is 4.09. The monoisotopic (exact) mass is 361 g/mol. The molecule has 0 heterocycles. The van der Waals surface area contributed by atoms with Gasteiger partial charge in [0.1, 0.15) is 18.1 Å². The molecule has 0 unspecified atom stereocenters. The number of nitrogens with one attached hydrogen (secondary N) is 1. The van der Waals surface area contributed by atoms with E-state index in [1.807, 2.05) is 48.5 Å². The fraction of sp³-hybridized carbons (Fsp3) is 0.250. The lowest BCUT2D eigenvalue weighted by atomic mass is 10.2. The third kappa shape index (κ3) is 6.37. The Morgan fingerprint density at radius 2 is 1.52 bits per heavy atom. The van der Waals surface area contributed by atoms with Crippen LogP contribution in [0, 0.1) is 5.92 Å². The quantitative estimate of drug-likeness (QED) is 0.514. The fourth-order valence-corrected chi connectivity index (χ4v) is 2.61. The molecule has 0 amide bonds. The molecule has 0 saturated carbocycles. The van der Waals surface area contributed by atoms with Crippen molar-refractivity contribution in [2.45, 2.75) is 27.0 Å². The van der Waals surface area contributed by atoms with Gasteiger partial charge in [-0.1, -0.05) is 62.4 Å². The summed E-state index contributed by atoms with van der Waals surface area (Å²) < 4.78 is 11.6. The summed E-state index contributed by atoms with van der Waals surface area (Å²) in [6.45, 7) is 6.37. The van der Waals surface area contributed by atoms with Gasteiger partial charge in [-0.15, -0.1) is 0 Å². The molecule has 0 saturated heterocycles. The summed E-state index contributed by atoms with van der Waals surface area (Å²) in [5.74, 6) is 2.31. The number of rotatable bonds is 9. The van der Waals surface area contributed by atoms with Crippen LogP contribution >= 0.6 is 0 Å². The molecule has 0 atom stereocenters. The maximum Gasteiger partial charge on any atom is 0.121 e. The Morgan fingerprint density at radius 3 is 2.26 bits per heavy atom. The van der Waals surface area contributed by atoms with Gasteiger partial charge in [-0.2, -0.15) is 0 Å². The topological polar surface area (TPSA) is 30.5 Å². The highest BCUT2D eigenvalue weighted by Gasteiger charge is 2.01. The van der Waals surface area contributed by atoms with E-state index in [2.05, 4.69) is 49.5 Å². The van der Waals surface area contributed by atoms with Gasteiger partial charge >= 0.3 is 0 Å². The summed E-state index contributed by atoms with van der Waals surface area (Å²) in [6.07, 6.45) is 0. The van der Waals surface area contributed by atoms with Crippen molar-refractivity contribution in [3.05, 3.63) is 90.0 Å². The van der Waals surface area contributed by atoms with E-state index in [-0.39, 0.29) is 0 Å². The van der Waals surface area contributed by atoms with Crippen molar-refractivity contribution in [2.75, 3.05) is 11.9 Å². The molecule has 0 aliphatic carbocycles. The summed E-state index contributed by atoms with van der Waals surface area (Å²) in [6, 6.07) is 26.5. The molecule has 0 aliphatic rings. The van der Waals surface area contributed by atoms with Crippen LogP contribution in [-0.2, 0) is 13.2 Å². The average Bonchev–Trinajstić information content (AvgIpc) is 2.71. The first-order valence-corrected chi connectivity index (χ1v) is 9.41. The largest absolute Gasteiger partial charge is 0.493 e. The van der Waals surface area contributed by atoms with Crippen molar-refractivity contribution < 1.29 is 9.47 Å². The summed E-state index contributed by atoms with van der Waals surface area (Å²) in [7, 11) is 0. The molecule has 3 nitrogen and oxygen atoms in total. The van der Waals surface area contributed by atoms with Crippen molar-refractivity contribution in [3.8, 4) is 11.5 Å². The maximum absolute atomic E-state index is 5.89. The van der Waals surface area contributed by atoms with Crippen LogP contribution in [0.5, 0.6) is 11.5 Å². The van der Waals surface area contributed by atoms with Crippen LogP contribution in [0.3, 0.4) is 0 Å². The van der Waals surface area contributed by atoms with Crippen LogP contribution < -0.4 is 14.8 Å². The minimum absolute atomic E-state index is 0.530. The highest BCUT2D eigenvalue weighted by molar-refractivity contribution is 5.48. The number of benzene rings is 3. The van der Waals surface area contributed by atoms with Gasteiger partial charge in [-0.3, -0.25) is 0 Å². The first-order valence-electron chi connectivity index (χ1n) is 9.41. The van der Waals surface area contributed by atoms with E-state index in [1.165, 1.54) is 5.56 Å². The summed E-state index contributed by atoms with van der Waals surface area (Å²) in [5, 5.41) is 3.45. The molecule has 0 fully saturated rings. The van der Waals surface area contributed by atoms with Gasteiger partial charge in [0, 0.05) is 18.3 Å². The molecule has 0 spiro atoms. The predicted molar refractivity (Wildman–Crippen MR) is 111 cm³/mol. The first-order chi connectivity index (χ1) is 13.2. The Hall–Kier alpha value is -2.94. The zero-order valence-corrected chi connectivity index (χ0v) is 16.0. The van der Waals surface area contributed by atoms with E-state index >= 15 is 0 Å². The normalized spacial score (nSPS) is 10.6. The van der Waals surface area contributed by atoms with E-state index < -0.39 is 0 Å². The summed E-state index contributed by atoms with van der Waals surface area (Å²) in [4.78, 5) is 0. The molecule has 3 heteroatoms. The molecule has 27 heavy (non-hydrogen) atoms. The molecule has 0 aliphatic heterocycles. The average molecular weight is 361 g/mol. The zero-order valence-electron chi connectivity index (χ0n) is 16.0. The fourth-order valence-electron chi connectivity index (χ4n) is 2.61. The van der Waals surface area contributed by atoms with Gasteiger partial charge < -0.3 is 14.8 Å². The second-order valence-electron chi connectivity index (χ2n) is 7.00. The van der Waals surface area contributed by atoms with Crippen molar-refractivity contribution in [2.24, 2.45) is 5.92 Å². The van der Waals surface area contributed by atoms with E-state index in [9.17, 15) is 0 Å². The van der Waals surface area contributed by atoms with Crippen LogP contribution in [0.25, 0.3) is 0 Å². The van der Waals surface area contributed by atoms with Gasteiger partial charge in [0.2, 0.25) is 0 Å². The number of hydrogen-bond donors (Lipinski definition) is 1. The predicted octanol–water partition coefficient (Wildman–Crippen LogP) is 5.91. The second-order valence-corrected chi connectivity index (χ2v) is 7.00. The zero-order chi connectivity index (χ0) is 18.9. The summed E-state index contributed by atoms with van der Waals surface area (Å²) >= 11 is 0. The minimum Gasteiger partial charge on any atom is -0.493 e. The Morgan fingerprint density at radius 1 is 0.741 bits per heavy atom. The van der Waals surface area contributed by atoms with Gasteiger partial charge in [-0.25, -0.2) is 0 Å². The highest BCUT2D eigenvalue weighted by atomic mass is 16.5. The van der Waals surface area contributed by atoms with Gasteiger partial charge in [-0.05, 0) is 41.3 Å². The summed E-state index contributed by atoms with van der Waals surface area (Å²) in [5.41, 5.74) is 3.42. The van der Waals surface area contributed by atoms with Crippen LogP contribution in [0.1, 0.15) is 25.0 Å². The van der Waals surface area contributed by atoms with Crippen molar-refractivity contribution in [1.29, 1.82) is 0 Å². The number of anilines is 1. The first kappa shape index (κ1) is 18.8. The number of ether oxygens (including phenoxy) is 2. The van der Waals surface area contributed by atoms with Crippen LogP contribution in [0.15, 0.2) is 78.9 Å². The van der Waals surface area contributed by atoms with E-state index in [0.717, 1.165) is 35.9 Å². The lowest BCUT2D eigenvalue weighted by molar-refractivity contribution is 0.271. The van der Waals surface area contributed by atoms with Crippen molar-refractivity contribution in [3.63, 3.8) is 0 Å². The van der Waals surface area contributed by atoms with E-state index in [1.54, 1.807) is 0 Å². The van der Waals surface area contributed by atoms with E-state index in [4.69, 9.17) is 9.47 Å². The highest BCUT2D eigenvalue weighted by Crippen LogP contribution is 2.20. The minimum atomic E-state index is 0.530. The Bertz CT molecular complexity index is 813. The molecule has 3 aromatic rings. The Kier molecular flexibility index (Phi) is 6.75. The van der Waals surface area contributed by atoms with Gasteiger partial charge in [0.25, 0.3) is 0 Å². The smallest absolute Gasteiger partial charge is 0.121 e. The van der Waals surface area contributed by atoms with E-state index in [0.29, 0.717) is 12.5 Å². The van der Waals surface area contributed by atoms with Crippen LogP contribution in [0.2, 0.25) is 0 Å². The Labute approximate surface area is 162 Å². The molecular weight excluding hydrogens is 334 g/mol. The second kappa shape index (κ2) is 9.67. The Balaban J connectivity index is 1.50. The van der Waals surface area contributed by atoms with Crippen LogP contribution in [0.4, 0.5) is 5.69 Å². The van der Waals surface area contributed by atoms with Gasteiger partial charge in [0.15, 0.2) is 0 Å². The lowest BCUT2D eigenvalue weighted by Crippen LogP contribution is -2.04. The molecule has 3 aromatic carbocycles. The van der Waals surface area contributed by atoms with Gasteiger partial charge in [0.05, 0.1) is 6.61 Å².